The molecule has 1 heterocycles. The van der Waals surface area contributed by atoms with Crippen LogP contribution in [0.4, 0.5) is 5.69 Å². The number of aryl methyl sites for hydroxylation is 2. The van der Waals surface area contributed by atoms with Crippen molar-refractivity contribution in [3.63, 3.8) is 0 Å². The van der Waals surface area contributed by atoms with E-state index in [0.717, 1.165) is 5.56 Å². The lowest BCUT2D eigenvalue weighted by Crippen LogP contribution is -2.14. The molecule has 20 heavy (non-hydrogen) atoms. The summed E-state index contributed by atoms with van der Waals surface area (Å²) in [5.74, 6) is 0.430. The predicted octanol–water partition coefficient (Wildman–Crippen LogP) is 2.51. The zero-order valence-corrected chi connectivity index (χ0v) is 12.4. The van der Waals surface area contributed by atoms with Crippen molar-refractivity contribution in [1.82, 2.24) is 4.98 Å². The Morgan fingerprint density at radius 1 is 1.15 bits per heavy atom. The number of anilines is 1. The van der Waals surface area contributed by atoms with Crippen LogP contribution in [0.3, 0.4) is 0 Å². The molecule has 0 bridgehead atoms. The average molecular weight is 292 g/mol. The van der Waals surface area contributed by atoms with Crippen LogP contribution in [0.1, 0.15) is 11.1 Å². The summed E-state index contributed by atoms with van der Waals surface area (Å²) in [4.78, 5) is 4.24. The molecular formula is C14H16N2O3S. The third-order valence-electron chi connectivity index (χ3n) is 2.83. The first-order valence-electron chi connectivity index (χ1n) is 6.02. The minimum absolute atomic E-state index is 0.272. The van der Waals surface area contributed by atoms with Gasteiger partial charge < -0.3 is 4.74 Å². The van der Waals surface area contributed by atoms with Crippen molar-refractivity contribution < 1.29 is 13.2 Å². The van der Waals surface area contributed by atoms with Crippen molar-refractivity contribution in [3.05, 3.63) is 47.7 Å². The van der Waals surface area contributed by atoms with Gasteiger partial charge in [-0.3, -0.25) is 4.72 Å². The van der Waals surface area contributed by atoms with Crippen LogP contribution in [-0.2, 0) is 10.0 Å². The Morgan fingerprint density at radius 2 is 1.90 bits per heavy atom. The first-order valence-corrected chi connectivity index (χ1v) is 7.51. The van der Waals surface area contributed by atoms with Gasteiger partial charge in [-0.2, -0.15) is 0 Å². The van der Waals surface area contributed by atoms with Crippen LogP contribution < -0.4 is 9.46 Å². The molecule has 1 aromatic heterocycles. The van der Waals surface area contributed by atoms with Crippen LogP contribution in [0.5, 0.6) is 5.88 Å². The van der Waals surface area contributed by atoms with Crippen molar-refractivity contribution in [2.75, 3.05) is 11.8 Å². The molecule has 106 valence electrons. The molecule has 5 nitrogen and oxygen atoms in total. The van der Waals surface area contributed by atoms with Gasteiger partial charge in [0, 0.05) is 6.07 Å². The van der Waals surface area contributed by atoms with E-state index < -0.39 is 10.0 Å². The second kappa shape index (κ2) is 5.50. The Morgan fingerprint density at radius 3 is 2.50 bits per heavy atom. The summed E-state index contributed by atoms with van der Waals surface area (Å²) in [7, 11) is -2.11. The van der Waals surface area contributed by atoms with Gasteiger partial charge in [-0.25, -0.2) is 13.4 Å². The van der Waals surface area contributed by atoms with Gasteiger partial charge in [0.05, 0.1) is 23.9 Å². The highest BCUT2D eigenvalue weighted by Crippen LogP contribution is 2.21. The highest BCUT2D eigenvalue weighted by atomic mass is 32.2. The molecule has 0 unspecified atom stereocenters. The maximum atomic E-state index is 12.4. The Bertz CT molecular complexity index is 710. The number of benzene rings is 1. The molecular weight excluding hydrogens is 276 g/mol. The van der Waals surface area contributed by atoms with Crippen molar-refractivity contribution in [2.24, 2.45) is 0 Å². The molecule has 0 spiro atoms. The van der Waals surface area contributed by atoms with Gasteiger partial charge in [0.15, 0.2) is 0 Å². The van der Waals surface area contributed by atoms with Gasteiger partial charge in [0.25, 0.3) is 10.0 Å². The quantitative estimate of drug-likeness (QED) is 0.940. The van der Waals surface area contributed by atoms with E-state index in [4.69, 9.17) is 4.74 Å². The largest absolute Gasteiger partial charge is 0.481 e. The Balaban J connectivity index is 2.32. The summed E-state index contributed by atoms with van der Waals surface area (Å²) in [6.07, 6.45) is 1.42. The normalized spacial score (nSPS) is 11.2. The van der Waals surface area contributed by atoms with Crippen LogP contribution in [-0.4, -0.2) is 20.5 Å². The summed E-state index contributed by atoms with van der Waals surface area (Å²) in [6, 6.07) is 8.52. The van der Waals surface area contributed by atoms with E-state index in [9.17, 15) is 8.42 Å². The fourth-order valence-electron chi connectivity index (χ4n) is 1.77. The number of sulfonamides is 1. The number of ether oxygens (including phenoxy) is 1. The lowest BCUT2D eigenvalue weighted by Gasteiger charge is -2.11. The van der Waals surface area contributed by atoms with Crippen molar-refractivity contribution in [2.45, 2.75) is 18.7 Å². The molecule has 0 aliphatic heterocycles. The molecule has 0 saturated heterocycles. The minimum atomic E-state index is -3.62. The Hall–Kier alpha value is -2.08. The molecule has 6 heteroatoms. The number of pyridine rings is 1. The minimum Gasteiger partial charge on any atom is -0.481 e. The summed E-state index contributed by atoms with van der Waals surface area (Å²) >= 11 is 0. The number of nitrogens with zero attached hydrogens (tertiary/aromatic N) is 1. The highest BCUT2D eigenvalue weighted by Gasteiger charge is 2.17. The maximum absolute atomic E-state index is 12.4. The van der Waals surface area contributed by atoms with E-state index in [1.54, 1.807) is 31.2 Å². The van der Waals surface area contributed by atoms with Crippen LogP contribution in [0.25, 0.3) is 0 Å². The van der Waals surface area contributed by atoms with Gasteiger partial charge in [-0.15, -0.1) is 0 Å². The van der Waals surface area contributed by atoms with E-state index in [0.29, 0.717) is 17.1 Å². The van der Waals surface area contributed by atoms with E-state index >= 15 is 0 Å². The van der Waals surface area contributed by atoms with Crippen molar-refractivity contribution >= 4 is 15.7 Å². The molecule has 0 aliphatic carbocycles. The molecule has 0 aliphatic rings. The number of hydrogen-bond donors (Lipinski definition) is 1. The van der Waals surface area contributed by atoms with Crippen LogP contribution in [0.2, 0.25) is 0 Å². The molecule has 1 aromatic carbocycles. The number of rotatable bonds is 4. The van der Waals surface area contributed by atoms with Gasteiger partial charge in [-0.1, -0.05) is 12.1 Å². The molecule has 0 atom stereocenters. The third kappa shape index (κ3) is 3.08. The van der Waals surface area contributed by atoms with Gasteiger partial charge in [0.2, 0.25) is 5.88 Å². The van der Waals surface area contributed by atoms with Crippen LogP contribution in [0.15, 0.2) is 41.4 Å². The lowest BCUT2D eigenvalue weighted by atomic mass is 10.2. The molecule has 2 aromatic rings. The second-order valence-electron chi connectivity index (χ2n) is 4.46. The smallest absolute Gasteiger partial charge is 0.262 e. The van der Waals surface area contributed by atoms with E-state index in [1.807, 2.05) is 13.0 Å². The standard InChI is InChI=1S/C14H16N2O3S/c1-10-4-5-11(2)13(8-10)20(17,18)16-12-6-7-14(19-3)15-9-12/h4-9,16H,1-3H3. The average Bonchev–Trinajstić information content (AvgIpc) is 2.42. The molecule has 2 rings (SSSR count). The number of nitrogens with one attached hydrogen (secondary N) is 1. The SMILES string of the molecule is COc1ccc(NS(=O)(=O)c2cc(C)ccc2C)cn1. The zero-order valence-electron chi connectivity index (χ0n) is 11.5. The third-order valence-corrected chi connectivity index (χ3v) is 4.35. The zero-order chi connectivity index (χ0) is 14.8. The van der Waals surface area contributed by atoms with Gasteiger partial charge in [-0.05, 0) is 37.1 Å². The number of hydrogen-bond acceptors (Lipinski definition) is 4. The molecule has 0 amide bonds. The van der Waals surface area contributed by atoms with E-state index in [1.165, 1.54) is 13.3 Å². The molecule has 0 saturated carbocycles. The predicted molar refractivity (Wildman–Crippen MR) is 77.5 cm³/mol. The summed E-state index contributed by atoms with van der Waals surface area (Å²) < 4.78 is 32.2. The maximum Gasteiger partial charge on any atom is 0.262 e. The van der Waals surface area contributed by atoms with Crippen molar-refractivity contribution in [1.29, 1.82) is 0 Å². The Labute approximate surface area is 118 Å². The first kappa shape index (κ1) is 14.3. The van der Waals surface area contributed by atoms with E-state index in [-0.39, 0.29) is 4.90 Å². The Kier molecular flexibility index (Phi) is 3.94. The highest BCUT2D eigenvalue weighted by molar-refractivity contribution is 7.92. The fourth-order valence-corrected chi connectivity index (χ4v) is 3.14. The van der Waals surface area contributed by atoms with Gasteiger partial charge >= 0.3 is 0 Å². The summed E-state index contributed by atoms with van der Waals surface area (Å²) in [5.41, 5.74) is 1.99. The molecule has 0 radical (unpaired) electrons. The monoisotopic (exact) mass is 292 g/mol. The fraction of sp³-hybridized carbons (Fsp3) is 0.214. The lowest BCUT2D eigenvalue weighted by molar-refractivity contribution is 0.398. The van der Waals surface area contributed by atoms with Crippen LogP contribution in [0, 0.1) is 13.8 Å². The van der Waals surface area contributed by atoms with E-state index in [2.05, 4.69) is 9.71 Å². The molecule has 0 fully saturated rings. The van der Waals surface area contributed by atoms with Crippen LogP contribution >= 0.6 is 0 Å². The van der Waals surface area contributed by atoms with Gasteiger partial charge in [0.1, 0.15) is 0 Å². The number of aromatic nitrogens is 1. The number of methoxy groups -OCH3 is 1. The molecule has 1 N–H and O–H groups in total. The first-order chi connectivity index (χ1) is 9.42. The van der Waals surface area contributed by atoms with Crippen molar-refractivity contribution in [3.8, 4) is 5.88 Å². The second-order valence-corrected chi connectivity index (χ2v) is 6.11. The topological polar surface area (TPSA) is 68.3 Å². The summed E-state index contributed by atoms with van der Waals surface area (Å²) in [6.45, 7) is 3.62. The summed E-state index contributed by atoms with van der Waals surface area (Å²) in [5, 5.41) is 0.